The Morgan fingerprint density at radius 2 is 1.86 bits per heavy atom. The summed E-state index contributed by atoms with van der Waals surface area (Å²) in [5, 5.41) is 12.7. The van der Waals surface area contributed by atoms with E-state index in [-0.39, 0.29) is 24.4 Å². The Morgan fingerprint density at radius 3 is 2.59 bits per heavy atom. The van der Waals surface area contributed by atoms with Gasteiger partial charge in [0.2, 0.25) is 0 Å². The third-order valence-electron chi connectivity index (χ3n) is 4.59. The largest absolute Gasteiger partial charge is 0.508 e. The summed E-state index contributed by atoms with van der Waals surface area (Å²) in [5.41, 5.74) is 1.33. The van der Waals surface area contributed by atoms with Crippen LogP contribution in [0.15, 0.2) is 48.5 Å². The Morgan fingerprint density at radius 1 is 1.14 bits per heavy atom. The fraction of sp³-hybridized carbons (Fsp3) is 0.333. The van der Waals surface area contributed by atoms with Crippen molar-refractivity contribution in [2.45, 2.75) is 19.1 Å². The van der Waals surface area contributed by atoms with E-state index in [9.17, 15) is 14.7 Å². The van der Waals surface area contributed by atoms with Crippen molar-refractivity contribution >= 4 is 23.6 Å². The molecule has 1 fully saturated rings. The molecule has 29 heavy (non-hydrogen) atoms. The first-order valence-corrected chi connectivity index (χ1v) is 9.74. The number of nitrogens with zero attached hydrogens (tertiary/aromatic N) is 1. The van der Waals surface area contributed by atoms with Crippen LogP contribution in [0, 0.1) is 0 Å². The number of carbonyl (C=O) groups is 2. The molecule has 1 atom stereocenters. The minimum atomic E-state index is -0.391. The summed E-state index contributed by atoms with van der Waals surface area (Å²) in [4.78, 5) is 26.1. The molecule has 8 heteroatoms. The van der Waals surface area contributed by atoms with E-state index in [4.69, 9.17) is 21.1 Å². The second-order valence-corrected chi connectivity index (χ2v) is 7.14. The summed E-state index contributed by atoms with van der Waals surface area (Å²) in [6.07, 6.45) is 0.00813. The van der Waals surface area contributed by atoms with Crippen molar-refractivity contribution in [3.63, 3.8) is 0 Å². The Hall–Kier alpha value is -2.77. The van der Waals surface area contributed by atoms with Crippen LogP contribution in [0.3, 0.4) is 0 Å². The number of hydrogen-bond donors (Lipinski definition) is 2. The van der Waals surface area contributed by atoms with Gasteiger partial charge in [-0.25, -0.2) is 4.79 Å². The molecule has 7 nitrogen and oxygen atoms in total. The lowest BCUT2D eigenvalue weighted by atomic mass is 10.2. The van der Waals surface area contributed by atoms with Crippen LogP contribution in [0.4, 0.5) is 4.79 Å². The number of hydrogen-bond acceptors (Lipinski definition) is 5. The van der Waals surface area contributed by atoms with Crippen LogP contribution in [-0.2, 0) is 16.1 Å². The predicted molar refractivity (Wildman–Crippen MR) is 108 cm³/mol. The Balaban J connectivity index is 1.42. The summed E-state index contributed by atoms with van der Waals surface area (Å²) >= 11 is 5.85. The maximum atomic E-state index is 12.3. The van der Waals surface area contributed by atoms with Gasteiger partial charge in [0.1, 0.15) is 12.4 Å². The van der Waals surface area contributed by atoms with Crippen LogP contribution in [0.2, 0.25) is 5.02 Å². The highest BCUT2D eigenvalue weighted by Gasteiger charge is 2.22. The highest BCUT2D eigenvalue weighted by Crippen LogP contribution is 2.13. The van der Waals surface area contributed by atoms with E-state index in [1.54, 1.807) is 29.2 Å². The number of carbonyl (C=O) groups excluding carboxylic acids is 2. The molecule has 3 rings (SSSR count). The lowest BCUT2D eigenvalue weighted by Gasteiger charge is -2.19. The van der Waals surface area contributed by atoms with Crippen molar-refractivity contribution in [1.82, 2.24) is 10.2 Å². The van der Waals surface area contributed by atoms with Crippen molar-refractivity contribution in [3.05, 3.63) is 64.7 Å². The van der Waals surface area contributed by atoms with Crippen LogP contribution in [-0.4, -0.2) is 54.4 Å². The molecule has 2 amide bonds. The fourth-order valence-corrected chi connectivity index (χ4v) is 3.03. The second kappa shape index (κ2) is 10.1. The average Bonchev–Trinajstić information content (AvgIpc) is 2.98. The van der Waals surface area contributed by atoms with Crippen molar-refractivity contribution in [3.8, 4) is 5.75 Å². The van der Waals surface area contributed by atoms with Crippen LogP contribution < -0.4 is 5.32 Å². The number of rotatable bonds is 5. The molecule has 1 aliphatic heterocycles. The van der Waals surface area contributed by atoms with E-state index in [2.05, 4.69) is 5.32 Å². The van der Waals surface area contributed by atoms with Crippen LogP contribution in [0.25, 0.3) is 0 Å². The molecule has 1 saturated heterocycles. The van der Waals surface area contributed by atoms with Gasteiger partial charge in [0, 0.05) is 30.2 Å². The first kappa shape index (κ1) is 21.0. The molecule has 0 aromatic heterocycles. The van der Waals surface area contributed by atoms with Crippen LogP contribution in [0.1, 0.15) is 22.3 Å². The number of benzene rings is 2. The normalized spacial score (nSPS) is 16.7. The van der Waals surface area contributed by atoms with Crippen molar-refractivity contribution in [2.75, 3.05) is 26.2 Å². The number of nitrogens with one attached hydrogen (secondary N) is 1. The molecular formula is C21H23ClN2O5. The standard InChI is InChI=1S/C21H23ClN2O5/c22-17-5-1-15(2-6-17)14-29-21(27)24-10-9-19(28-12-11-24)13-23-20(26)16-3-7-18(25)8-4-16/h1-8,19,25H,9-14H2,(H,23,26). The molecule has 1 unspecified atom stereocenters. The third-order valence-corrected chi connectivity index (χ3v) is 4.84. The van der Waals surface area contributed by atoms with Gasteiger partial charge in [0.15, 0.2) is 0 Å². The van der Waals surface area contributed by atoms with E-state index in [1.165, 1.54) is 12.1 Å². The SMILES string of the molecule is O=C(NCC1CCN(C(=O)OCc2ccc(Cl)cc2)CCO1)c1ccc(O)cc1. The summed E-state index contributed by atoms with van der Waals surface area (Å²) in [6.45, 7) is 1.81. The molecule has 0 saturated carbocycles. The van der Waals surface area contributed by atoms with Crippen LogP contribution >= 0.6 is 11.6 Å². The van der Waals surface area contributed by atoms with Gasteiger partial charge in [-0.2, -0.15) is 0 Å². The predicted octanol–water partition coefficient (Wildman–Crippen LogP) is 3.20. The highest BCUT2D eigenvalue weighted by molar-refractivity contribution is 6.30. The van der Waals surface area contributed by atoms with E-state index in [0.29, 0.717) is 43.2 Å². The minimum Gasteiger partial charge on any atom is -0.508 e. The lowest BCUT2D eigenvalue weighted by molar-refractivity contribution is 0.0569. The van der Waals surface area contributed by atoms with Gasteiger partial charge in [-0.3, -0.25) is 4.79 Å². The van der Waals surface area contributed by atoms with Gasteiger partial charge in [-0.1, -0.05) is 23.7 Å². The Kier molecular flexibility index (Phi) is 7.32. The van der Waals surface area contributed by atoms with E-state index in [0.717, 1.165) is 5.56 Å². The molecule has 2 aromatic rings. The molecule has 0 radical (unpaired) electrons. The molecule has 2 aromatic carbocycles. The van der Waals surface area contributed by atoms with Crippen molar-refractivity contribution in [1.29, 1.82) is 0 Å². The summed E-state index contributed by atoms with van der Waals surface area (Å²) in [6, 6.07) is 13.2. The second-order valence-electron chi connectivity index (χ2n) is 6.71. The molecule has 1 aliphatic rings. The smallest absolute Gasteiger partial charge is 0.410 e. The quantitative estimate of drug-likeness (QED) is 0.778. The Bertz CT molecular complexity index is 826. The molecule has 2 N–H and O–H groups in total. The summed E-state index contributed by atoms with van der Waals surface area (Å²) < 4.78 is 11.1. The third kappa shape index (κ3) is 6.37. The molecule has 0 spiro atoms. The molecular weight excluding hydrogens is 396 g/mol. The molecule has 1 heterocycles. The first-order chi connectivity index (χ1) is 14.0. The fourth-order valence-electron chi connectivity index (χ4n) is 2.91. The van der Waals surface area contributed by atoms with Crippen LogP contribution in [0.5, 0.6) is 5.75 Å². The molecule has 0 bridgehead atoms. The van der Waals surface area contributed by atoms with Gasteiger partial charge in [0.25, 0.3) is 5.91 Å². The number of amides is 2. The first-order valence-electron chi connectivity index (χ1n) is 9.36. The van der Waals surface area contributed by atoms with Gasteiger partial charge in [-0.15, -0.1) is 0 Å². The number of aromatic hydroxyl groups is 1. The number of halogens is 1. The summed E-state index contributed by atoms with van der Waals surface area (Å²) in [7, 11) is 0. The number of phenolic OH excluding ortho intramolecular Hbond substituents is 1. The van der Waals surface area contributed by atoms with Gasteiger partial charge < -0.3 is 24.8 Å². The maximum Gasteiger partial charge on any atom is 0.410 e. The molecule has 0 aliphatic carbocycles. The lowest BCUT2D eigenvalue weighted by Crippen LogP contribution is -2.35. The molecule has 154 valence electrons. The highest BCUT2D eigenvalue weighted by atomic mass is 35.5. The topological polar surface area (TPSA) is 88.1 Å². The van der Waals surface area contributed by atoms with Gasteiger partial charge >= 0.3 is 6.09 Å². The van der Waals surface area contributed by atoms with E-state index < -0.39 is 6.09 Å². The van der Waals surface area contributed by atoms with Crippen molar-refractivity contribution < 1.29 is 24.2 Å². The maximum absolute atomic E-state index is 12.3. The Labute approximate surface area is 174 Å². The summed E-state index contributed by atoms with van der Waals surface area (Å²) in [5.74, 6) is -0.131. The monoisotopic (exact) mass is 418 g/mol. The zero-order chi connectivity index (χ0) is 20.6. The van der Waals surface area contributed by atoms with Crippen molar-refractivity contribution in [2.24, 2.45) is 0 Å². The van der Waals surface area contributed by atoms with E-state index >= 15 is 0 Å². The van der Waals surface area contributed by atoms with E-state index in [1.807, 2.05) is 12.1 Å². The minimum absolute atomic E-state index is 0.108. The average molecular weight is 419 g/mol. The number of phenols is 1. The van der Waals surface area contributed by atoms with Gasteiger partial charge in [-0.05, 0) is 48.4 Å². The number of ether oxygens (including phenoxy) is 2. The van der Waals surface area contributed by atoms with Gasteiger partial charge in [0.05, 0.1) is 12.7 Å². The zero-order valence-electron chi connectivity index (χ0n) is 15.8. The zero-order valence-corrected chi connectivity index (χ0v) is 16.6.